The number of hydrogen-bond acceptors (Lipinski definition) is 3. The Kier molecular flexibility index (Phi) is 3.97. The largest absolute Gasteiger partial charge is 0.444 e. The minimum Gasteiger partial charge on any atom is -0.444 e. The molecule has 1 fully saturated rings. The van der Waals surface area contributed by atoms with Crippen LogP contribution in [0.25, 0.3) is 0 Å². The summed E-state index contributed by atoms with van der Waals surface area (Å²) in [6, 6.07) is 7.26. The van der Waals surface area contributed by atoms with E-state index in [0.29, 0.717) is 18.7 Å². The van der Waals surface area contributed by atoms with Crippen molar-refractivity contribution in [2.45, 2.75) is 39.2 Å². The highest BCUT2D eigenvalue weighted by Crippen LogP contribution is 2.29. The predicted octanol–water partition coefficient (Wildman–Crippen LogP) is 3.16. The number of para-hydroxylation sites is 2. The number of benzene rings is 1. The van der Waals surface area contributed by atoms with Gasteiger partial charge in [-0.05, 0) is 39.3 Å². The van der Waals surface area contributed by atoms with Crippen LogP contribution in [0.4, 0.5) is 16.2 Å². The predicted molar refractivity (Wildman–Crippen MR) is 77.9 cm³/mol. The summed E-state index contributed by atoms with van der Waals surface area (Å²) in [5.74, 6) is 0.0865. The Balaban J connectivity index is 2.16. The van der Waals surface area contributed by atoms with Crippen LogP contribution in [0.5, 0.6) is 0 Å². The van der Waals surface area contributed by atoms with Gasteiger partial charge in [0.25, 0.3) is 0 Å². The minimum absolute atomic E-state index is 0.0865. The quantitative estimate of drug-likeness (QED) is 0.902. The summed E-state index contributed by atoms with van der Waals surface area (Å²) in [6.45, 7) is 6.11. The molecular weight excluding hydrogens is 256 g/mol. The number of rotatable bonds is 2. The van der Waals surface area contributed by atoms with Crippen LogP contribution in [0.15, 0.2) is 24.3 Å². The van der Waals surface area contributed by atoms with E-state index >= 15 is 0 Å². The normalized spacial score (nSPS) is 15.3. The lowest BCUT2D eigenvalue weighted by atomic mass is 10.2. The van der Waals surface area contributed by atoms with Gasteiger partial charge in [-0.1, -0.05) is 12.1 Å². The van der Waals surface area contributed by atoms with Crippen molar-refractivity contribution in [1.29, 1.82) is 0 Å². The lowest BCUT2D eigenvalue weighted by Crippen LogP contribution is -2.29. The molecule has 2 amide bonds. The third-order valence-electron chi connectivity index (χ3n) is 2.90. The zero-order valence-corrected chi connectivity index (χ0v) is 12.1. The average molecular weight is 276 g/mol. The summed E-state index contributed by atoms with van der Waals surface area (Å²) in [4.78, 5) is 25.4. The van der Waals surface area contributed by atoms with Gasteiger partial charge in [-0.2, -0.15) is 0 Å². The van der Waals surface area contributed by atoms with E-state index in [0.717, 1.165) is 12.1 Å². The summed E-state index contributed by atoms with van der Waals surface area (Å²) in [5, 5.41) is 2.71. The van der Waals surface area contributed by atoms with E-state index in [1.54, 1.807) is 11.0 Å². The molecule has 1 aromatic rings. The Labute approximate surface area is 118 Å². The molecule has 1 aliphatic rings. The van der Waals surface area contributed by atoms with Crippen LogP contribution in [0.1, 0.15) is 33.6 Å². The number of carbonyl (C=O) groups excluding carboxylic acids is 2. The maximum absolute atomic E-state index is 11.8. The molecular formula is C15H20N2O3. The van der Waals surface area contributed by atoms with Crippen LogP contribution in [0.2, 0.25) is 0 Å². The molecule has 1 aliphatic heterocycles. The number of amides is 2. The van der Waals surface area contributed by atoms with Crippen LogP contribution >= 0.6 is 0 Å². The van der Waals surface area contributed by atoms with Crippen LogP contribution in [0.3, 0.4) is 0 Å². The first-order valence-electron chi connectivity index (χ1n) is 6.76. The zero-order valence-electron chi connectivity index (χ0n) is 12.1. The van der Waals surface area contributed by atoms with Gasteiger partial charge in [0.05, 0.1) is 11.4 Å². The van der Waals surface area contributed by atoms with Crippen molar-refractivity contribution in [3.8, 4) is 0 Å². The average Bonchev–Trinajstić information content (AvgIpc) is 2.73. The second-order valence-corrected chi connectivity index (χ2v) is 5.79. The molecule has 108 valence electrons. The highest BCUT2D eigenvalue weighted by atomic mass is 16.6. The van der Waals surface area contributed by atoms with Gasteiger partial charge in [0, 0.05) is 13.0 Å². The number of anilines is 2. The number of ether oxygens (including phenoxy) is 1. The van der Waals surface area contributed by atoms with E-state index in [1.165, 1.54) is 0 Å². The highest BCUT2D eigenvalue weighted by Gasteiger charge is 2.25. The van der Waals surface area contributed by atoms with Crippen molar-refractivity contribution in [1.82, 2.24) is 0 Å². The van der Waals surface area contributed by atoms with Crippen molar-refractivity contribution < 1.29 is 14.3 Å². The van der Waals surface area contributed by atoms with Gasteiger partial charge in [0.2, 0.25) is 5.91 Å². The topological polar surface area (TPSA) is 58.6 Å². The van der Waals surface area contributed by atoms with Gasteiger partial charge >= 0.3 is 6.09 Å². The smallest absolute Gasteiger partial charge is 0.412 e. The summed E-state index contributed by atoms with van der Waals surface area (Å²) >= 11 is 0. The first kappa shape index (κ1) is 14.4. The second kappa shape index (κ2) is 5.53. The van der Waals surface area contributed by atoms with Crippen molar-refractivity contribution >= 4 is 23.4 Å². The van der Waals surface area contributed by atoms with Crippen LogP contribution in [0, 0.1) is 0 Å². The van der Waals surface area contributed by atoms with Gasteiger partial charge in [-0.3, -0.25) is 10.1 Å². The first-order valence-corrected chi connectivity index (χ1v) is 6.76. The Hall–Kier alpha value is -2.04. The molecule has 0 spiro atoms. The van der Waals surface area contributed by atoms with Crippen molar-refractivity contribution in [2.75, 3.05) is 16.8 Å². The van der Waals surface area contributed by atoms with Gasteiger partial charge in [0.1, 0.15) is 5.60 Å². The number of hydrogen-bond donors (Lipinski definition) is 1. The number of nitrogens with one attached hydrogen (secondary N) is 1. The molecule has 0 saturated carbocycles. The fourth-order valence-corrected chi connectivity index (χ4v) is 2.13. The molecule has 5 heteroatoms. The Morgan fingerprint density at radius 2 is 2.00 bits per heavy atom. The van der Waals surface area contributed by atoms with Gasteiger partial charge in [-0.15, -0.1) is 0 Å². The van der Waals surface area contributed by atoms with Gasteiger partial charge in [-0.25, -0.2) is 4.79 Å². The third-order valence-corrected chi connectivity index (χ3v) is 2.90. The SMILES string of the molecule is CC(C)(C)OC(=O)Nc1ccccc1N1CCCC1=O. The highest BCUT2D eigenvalue weighted by molar-refractivity contribution is 6.00. The standard InChI is InChI=1S/C15H20N2O3/c1-15(2,3)20-14(19)16-11-7-4-5-8-12(11)17-10-6-9-13(17)18/h4-5,7-8H,6,9-10H2,1-3H3,(H,16,19). The van der Waals surface area contributed by atoms with Crippen LogP contribution < -0.4 is 10.2 Å². The van der Waals surface area contributed by atoms with Gasteiger partial charge in [0.15, 0.2) is 0 Å². The first-order chi connectivity index (χ1) is 9.37. The molecule has 0 radical (unpaired) electrons. The van der Waals surface area contributed by atoms with Crippen molar-refractivity contribution in [3.05, 3.63) is 24.3 Å². The molecule has 1 saturated heterocycles. The lowest BCUT2D eigenvalue weighted by Gasteiger charge is -2.22. The number of carbonyl (C=O) groups is 2. The van der Waals surface area contributed by atoms with Gasteiger partial charge < -0.3 is 9.64 Å². The molecule has 0 atom stereocenters. The maximum Gasteiger partial charge on any atom is 0.412 e. The van der Waals surface area contributed by atoms with E-state index < -0.39 is 11.7 Å². The summed E-state index contributed by atoms with van der Waals surface area (Å²) in [6.07, 6.45) is 0.886. The van der Waals surface area contributed by atoms with Crippen molar-refractivity contribution in [3.63, 3.8) is 0 Å². The maximum atomic E-state index is 11.8. The van der Waals surface area contributed by atoms with E-state index in [4.69, 9.17) is 4.74 Å². The molecule has 1 heterocycles. The fourth-order valence-electron chi connectivity index (χ4n) is 2.13. The molecule has 0 aliphatic carbocycles. The Bertz CT molecular complexity index is 520. The summed E-state index contributed by atoms with van der Waals surface area (Å²) < 4.78 is 5.23. The van der Waals surface area contributed by atoms with E-state index in [1.807, 2.05) is 39.0 Å². The zero-order chi connectivity index (χ0) is 14.8. The molecule has 0 aromatic heterocycles. The third kappa shape index (κ3) is 3.50. The Morgan fingerprint density at radius 3 is 2.60 bits per heavy atom. The molecule has 0 bridgehead atoms. The lowest BCUT2D eigenvalue weighted by molar-refractivity contribution is -0.117. The van der Waals surface area contributed by atoms with E-state index in [2.05, 4.69) is 5.32 Å². The molecule has 1 aromatic carbocycles. The van der Waals surface area contributed by atoms with Crippen molar-refractivity contribution in [2.24, 2.45) is 0 Å². The Morgan fingerprint density at radius 1 is 1.30 bits per heavy atom. The second-order valence-electron chi connectivity index (χ2n) is 5.79. The van der Waals surface area contributed by atoms with E-state index in [-0.39, 0.29) is 5.91 Å². The molecule has 5 nitrogen and oxygen atoms in total. The minimum atomic E-state index is -0.553. The summed E-state index contributed by atoms with van der Waals surface area (Å²) in [7, 11) is 0. The van der Waals surface area contributed by atoms with E-state index in [9.17, 15) is 9.59 Å². The monoisotopic (exact) mass is 276 g/mol. The number of nitrogens with zero attached hydrogens (tertiary/aromatic N) is 1. The molecule has 1 N–H and O–H groups in total. The molecule has 2 rings (SSSR count). The van der Waals surface area contributed by atoms with Crippen LogP contribution in [-0.2, 0) is 9.53 Å². The molecule has 0 unspecified atom stereocenters. The van der Waals surface area contributed by atoms with Crippen LogP contribution in [-0.4, -0.2) is 24.1 Å². The summed E-state index contributed by atoms with van der Waals surface area (Å²) in [5.41, 5.74) is 0.764. The fraction of sp³-hybridized carbons (Fsp3) is 0.467. The molecule has 20 heavy (non-hydrogen) atoms.